The third-order valence-electron chi connectivity index (χ3n) is 7.93. The van der Waals surface area contributed by atoms with Gasteiger partial charge in [0, 0.05) is 45.6 Å². The second-order valence-electron chi connectivity index (χ2n) is 11.4. The van der Waals surface area contributed by atoms with Crippen molar-refractivity contribution in [3.05, 3.63) is 52.8 Å². The number of imidazole rings is 1. The molecule has 9 nitrogen and oxygen atoms in total. The van der Waals surface area contributed by atoms with Gasteiger partial charge < -0.3 is 19.5 Å². The lowest BCUT2D eigenvalue weighted by Crippen LogP contribution is -2.39. The van der Waals surface area contributed by atoms with Gasteiger partial charge in [-0.25, -0.2) is 17.7 Å². The first-order chi connectivity index (χ1) is 18.9. The Bertz CT molecular complexity index is 1450. The highest BCUT2D eigenvalue weighted by molar-refractivity contribution is 7.89. The molecular formula is C30H43N5O4S. The van der Waals surface area contributed by atoms with E-state index in [0.29, 0.717) is 22.8 Å². The molecule has 3 aromatic rings. The molecule has 0 unspecified atom stereocenters. The second kappa shape index (κ2) is 12.3. The Morgan fingerprint density at radius 1 is 1.07 bits per heavy atom. The molecule has 218 valence electrons. The summed E-state index contributed by atoms with van der Waals surface area (Å²) in [5.41, 5.74) is 4.68. The van der Waals surface area contributed by atoms with Gasteiger partial charge in [-0.2, -0.15) is 0 Å². The fourth-order valence-electron chi connectivity index (χ4n) is 5.86. The Morgan fingerprint density at radius 3 is 2.33 bits per heavy atom. The van der Waals surface area contributed by atoms with Crippen molar-refractivity contribution in [3.8, 4) is 5.75 Å². The van der Waals surface area contributed by atoms with E-state index in [2.05, 4.69) is 54.1 Å². The normalized spacial score (nSPS) is 18.0. The van der Waals surface area contributed by atoms with E-state index in [1.165, 1.54) is 16.9 Å². The third kappa shape index (κ3) is 6.50. The number of aryl methyl sites for hydroxylation is 3. The predicted octanol–water partition coefficient (Wildman–Crippen LogP) is 4.11. The maximum atomic E-state index is 13.2. The number of amides is 1. The van der Waals surface area contributed by atoms with Crippen molar-refractivity contribution in [2.24, 2.45) is 7.05 Å². The van der Waals surface area contributed by atoms with E-state index < -0.39 is 10.0 Å². The number of fused-ring (bicyclic) bond motifs is 1. The number of hydrogen-bond acceptors (Lipinski definition) is 6. The van der Waals surface area contributed by atoms with Gasteiger partial charge in [0.05, 0.1) is 23.0 Å². The number of carbonyl (C=O) groups is 1. The van der Waals surface area contributed by atoms with Crippen LogP contribution >= 0.6 is 0 Å². The van der Waals surface area contributed by atoms with E-state index in [9.17, 15) is 13.2 Å². The van der Waals surface area contributed by atoms with Crippen molar-refractivity contribution >= 4 is 27.0 Å². The standard InChI is InChI=1S/C30H43N5O4S/c1-20-16-25(39-7)17-21(2)29(20)40(37,38)34(5)15-14-28(36)31-24-11-9-23(10-12-24)30-32-26-18-22(19-33(3)4)8-13-27(26)35(30)6/h8,13,16-18,23-24H,9-12,14-15,19H2,1-7H3,(H,31,36). The number of hydrogen-bond donors (Lipinski definition) is 1. The van der Waals surface area contributed by atoms with E-state index in [1.54, 1.807) is 33.1 Å². The maximum Gasteiger partial charge on any atom is 0.243 e. The molecular weight excluding hydrogens is 526 g/mol. The zero-order chi connectivity index (χ0) is 29.2. The van der Waals surface area contributed by atoms with Gasteiger partial charge in [0.1, 0.15) is 11.6 Å². The number of sulfonamides is 1. The van der Waals surface area contributed by atoms with Crippen LogP contribution < -0.4 is 10.1 Å². The highest BCUT2D eigenvalue weighted by Gasteiger charge is 2.28. The largest absolute Gasteiger partial charge is 0.497 e. The van der Waals surface area contributed by atoms with Crippen LogP contribution in [0.4, 0.5) is 0 Å². The number of ether oxygens (including phenoxy) is 1. The van der Waals surface area contributed by atoms with Gasteiger partial charge >= 0.3 is 0 Å². The summed E-state index contributed by atoms with van der Waals surface area (Å²) in [5, 5.41) is 3.13. The molecule has 10 heteroatoms. The van der Waals surface area contributed by atoms with Crippen LogP contribution in [0.15, 0.2) is 35.2 Å². The number of benzene rings is 2. The molecule has 0 spiro atoms. The highest BCUT2D eigenvalue weighted by atomic mass is 32.2. The summed E-state index contributed by atoms with van der Waals surface area (Å²) in [7, 11) is 5.57. The Balaban J connectivity index is 1.31. The van der Waals surface area contributed by atoms with Gasteiger partial charge in [0.2, 0.25) is 15.9 Å². The van der Waals surface area contributed by atoms with Gasteiger partial charge in [0.25, 0.3) is 0 Å². The molecule has 1 fully saturated rings. The molecule has 1 aliphatic rings. The summed E-state index contributed by atoms with van der Waals surface area (Å²) in [4.78, 5) is 20.2. The second-order valence-corrected chi connectivity index (χ2v) is 13.4. The zero-order valence-electron chi connectivity index (χ0n) is 24.8. The van der Waals surface area contributed by atoms with Gasteiger partial charge in [-0.3, -0.25) is 4.79 Å². The van der Waals surface area contributed by atoms with Crippen LogP contribution in [0.25, 0.3) is 11.0 Å². The van der Waals surface area contributed by atoms with Crippen LogP contribution in [0.5, 0.6) is 5.75 Å². The molecule has 0 aliphatic heterocycles. The Morgan fingerprint density at radius 2 is 1.73 bits per heavy atom. The van der Waals surface area contributed by atoms with Gasteiger partial charge in [0.15, 0.2) is 0 Å². The number of carbonyl (C=O) groups excluding carboxylic acids is 1. The molecule has 2 aromatic carbocycles. The summed E-state index contributed by atoms with van der Waals surface area (Å²) in [6, 6.07) is 10.0. The number of nitrogens with one attached hydrogen (secondary N) is 1. The van der Waals surface area contributed by atoms with Crippen LogP contribution in [0, 0.1) is 13.8 Å². The van der Waals surface area contributed by atoms with Crippen LogP contribution in [0.1, 0.15) is 60.5 Å². The molecule has 0 saturated heterocycles. The molecule has 1 amide bonds. The van der Waals surface area contributed by atoms with Crippen molar-refractivity contribution in [1.29, 1.82) is 0 Å². The minimum atomic E-state index is -3.73. The minimum absolute atomic E-state index is 0.0955. The molecule has 1 heterocycles. The third-order valence-corrected chi connectivity index (χ3v) is 10.1. The number of methoxy groups -OCH3 is 1. The van der Waals surface area contributed by atoms with Crippen LogP contribution in [-0.2, 0) is 28.4 Å². The first kappa shape index (κ1) is 30.0. The van der Waals surface area contributed by atoms with Crippen LogP contribution in [0.3, 0.4) is 0 Å². The Hall–Kier alpha value is -2.95. The van der Waals surface area contributed by atoms with Crippen molar-refractivity contribution in [2.75, 3.05) is 34.8 Å². The summed E-state index contributed by atoms with van der Waals surface area (Å²) in [6.45, 7) is 4.52. The van der Waals surface area contributed by atoms with E-state index in [4.69, 9.17) is 9.72 Å². The summed E-state index contributed by atoms with van der Waals surface area (Å²) in [5.74, 6) is 1.97. The van der Waals surface area contributed by atoms with Gasteiger partial charge in [-0.15, -0.1) is 0 Å². The summed E-state index contributed by atoms with van der Waals surface area (Å²) < 4.78 is 35.2. The average molecular weight is 570 g/mol. The molecule has 0 atom stereocenters. The van der Waals surface area contributed by atoms with E-state index in [0.717, 1.165) is 49.1 Å². The SMILES string of the molecule is COc1cc(C)c(S(=O)(=O)N(C)CCC(=O)NC2CCC(c3nc4cc(CN(C)C)ccc4n3C)CC2)c(C)c1. The molecule has 1 saturated carbocycles. The van der Waals surface area contributed by atoms with Crippen molar-refractivity contribution in [2.45, 2.75) is 69.4 Å². The van der Waals surface area contributed by atoms with E-state index in [-0.39, 0.29) is 29.8 Å². The van der Waals surface area contributed by atoms with Crippen molar-refractivity contribution in [1.82, 2.24) is 24.1 Å². The van der Waals surface area contributed by atoms with E-state index >= 15 is 0 Å². The first-order valence-corrected chi connectivity index (χ1v) is 15.4. The first-order valence-electron chi connectivity index (χ1n) is 13.9. The lowest BCUT2D eigenvalue weighted by atomic mass is 9.85. The zero-order valence-corrected chi connectivity index (χ0v) is 25.6. The van der Waals surface area contributed by atoms with Crippen LogP contribution in [0.2, 0.25) is 0 Å². The molecule has 1 N–H and O–H groups in total. The Kier molecular flexibility index (Phi) is 9.22. The monoisotopic (exact) mass is 569 g/mol. The molecule has 40 heavy (non-hydrogen) atoms. The minimum Gasteiger partial charge on any atom is -0.497 e. The molecule has 4 rings (SSSR count). The number of aromatic nitrogens is 2. The number of rotatable bonds is 10. The van der Waals surface area contributed by atoms with Crippen molar-refractivity contribution in [3.63, 3.8) is 0 Å². The maximum absolute atomic E-state index is 13.2. The predicted molar refractivity (Wildman–Crippen MR) is 158 cm³/mol. The summed E-state index contributed by atoms with van der Waals surface area (Å²) in [6.07, 6.45) is 3.78. The molecule has 0 bridgehead atoms. The smallest absolute Gasteiger partial charge is 0.243 e. The summed E-state index contributed by atoms with van der Waals surface area (Å²) >= 11 is 0. The topological polar surface area (TPSA) is 96.8 Å². The highest BCUT2D eigenvalue weighted by Crippen LogP contribution is 2.34. The quantitative estimate of drug-likeness (QED) is 0.395. The fraction of sp³-hybridized carbons (Fsp3) is 0.533. The molecule has 1 aliphatic carbocycles. The lowest BCUT2D eigenvalue weighted by Gasteiger charge is -2.29. The number of nitrogens with zero attached hydrogens (tertiary/aromatic N) is 4. The van der Waals surface area contributed by atoms with Gasteiger partial charge in [-0.05, 0) is 94.6 Å². The molecule has 0 radical (unpaired) electrons. The Labute approximate surface area is 238 Å². The van der Waals surface area contributed by atoms with Crippen molar-refractivity contribution < 1.29 is 17.9 Å². The van der Waals surface area contributed by atoms with E-state index in [1.807, 2.05) is 0 Å². The average Bonchev–Trinajstić information content (AvgIpc) is 3.22. The lowest BCUT2D eigenvalue weighted by molar-refractivity contribution is -0.122. The van der Waals surface area contributed by atoms with Crippen LogP contribution in [-0.4, -0.2) is 73.9 Å². The van der Waals surface area contributed by atoms with Gasteiger partial charge in [-0.1, -0.05) is 6.07 Å². The molecule has 1 aromatic heterocycles. The fourth-order valence-corrected chi connectivity index (χ4v) is 7.43.